The number of benzene rings is 1. The van der Waals surface area contributed by atoms with Crippen molar-refractivity contribution in [1.82, 2.24) is 19.8 Å². The average Bonchev–Trinajstić information content (AvgIpc) is 3.46. The van der Waals surface area contributed by atoms with Gasteiger partial charge in [0.25, 0.3) is 0 Å². The van der Waals surface area contributed by atoms with Gasteiger partial charge in [0, 0.05) is 44.3 Å². The number of aromatic nitrogens is 2. The first-order valence-electron chi connectivity index (χ1n) is 9.80. The van der Waals surface area contributed by atoms with E-state index in [0.29, 0.717) is 0 Å². The summed E-state index contributed by atoms with van der Waals surface area (Å²) in [5, 5.41) is 4.12. The molecule has 2 fully saturated rings. The number of piperazine rings is 1. The van der Waals surface area contributed by atoms with E-state index in [-0.39, 0.29) is 11.9 Å². The number of hydrogen-bond donors (Lipinski definition) is 0. The minimum atomic E-state index is -0.0399. The zero-order chi connectivity index (χ0) is 18.9. The molecule has 6 nitrogen and oxygen atoms in total. The molecule has 1 atom stereocenters. The Morgan fingerprint density at radius 2 is 2.00 bits per heavy atom. The molecule has 0 aliphatic carbocycles. The smallest absolute Gasteiger partial charge is 0.245 e. The molecule has 28 heavy (non-hydrogen) atoms. The maximum absolute atomic E-state index is 13.1. The van der Waals surface area contributed by atoms with Gasteiger partial charge in [-0.05, 0) is 25.0 Å². The van der Waals surface area contributed by atoms with E-state index in [0.717, 1.165) is 67.8 Å². The van der Waals surface area contributed by atoms with E-state index in [1.807, 2.05) is 22.5 Å². The summed E-state index contributed by atoms with van der Waals surface area (Å²) in [5.41, 5.74) is 1.08. The largest absolute Gasteiger partial charge is 0.338 e. The lowest BCUT2D eigenvalue weighted by Gasteiger charge is -2.37. The normalized spacial score (nSPS) is 20.9. The number of para-hydroxylation sites is 1. The lowest BCUT2D eigenvalue weighted by molar-refractivity contribution is -0.134. The molecule has 8 heteroatoms. The molecular formula is C20H23N5OS2. The van der Waals surface area contributed by atoms with Gasteiger partial charge in [-0.15, -0.1) is 22.7 Å². The summed E-state index contributed by atoms with van der Waals surface area (Å²) < 4.78 is 1.25. The number of carbonyl (C=O) groups is 1. The minimum Gasteiger partial charge on any atom is -0.338 e. The van der Waals surface area contributed by atoms with Crippen molar-refractivity contribution in [2.24, 2.45) is 0 Å². The maximum Gasteiger partial charge on any atom is 0.245 e. The van der Waals surface area contributed by atoms with Crippen LogP contribution in [0.5, 0.6) is 0 Å². The number of amides is 1. The van der Waals surface area contributed by atoms with Crippen LogP contribution in [0.25, 0.3) is 10.2 Å². The highest BCUT2D eigenvalue weighted by Crippen LogP contribution is 2.29. The van der Waals surface area contributed by atoms with E-state index < -0.39 is 0 Å². The van der Waals surface area contributed by atoms with Crippen LogP contribution in [0.3, 0.4) is 0 Å². The molecule has 146 valence electrons. The van der Waals surface area contributed by atoms with Gasteiger partial charge < -0.3 is 9.80 Å². The Kier molecular flexibility index (Phi) is 5.00. The van der Waals surface area contributed by atoms with E-state index in [9.17, 15) is 4.79 Å². The van der Waals surface area contributed by atoms with Crippen molar-refractivity contribution in [3.05, 3.63) is 40.8 Å². The van der Waals surface area contributed by atoms with Gasteiger partial charge in [0.2, 0.25) is 5.91 Å². The number of rotatable bonds is 4. The van der Waals surface area contributed by atoms with Gasteiger partial charge in [-0.3, -0.25) is 9.69 Å². The molecule has 5 rings (SSSR count). The van der Waals surface area contributed by atoms with E-state index in [1.165, 1.54) is 4.70 Å². The Morgan fingerprint density at radius 1 is 1.14 bits per heavy atom. The molecule has 1 unspecified atom stereocenters. The molecule has 0 N–H and O–H groups in total. The van der Waals surface area contributed by atoms with Crippen LogP contribution in [0.4, 0.5) is 5.13 Å². The highest BCUT2D eigenvalue weighted by molar-refractivity contribution is 7.18. The second-order valence-corrected chi connectivity index (χ2v) is 9.33. The SMILES string of the molecule is O=C(C1CCCN1c1nccs1)N1CCN(Cc2nc3ccccc3s2)CC1. The minimum absolute atomic E-state index is 0.0399. The Balaban J connectivity index is 1.19. The van der Waals surface area contributed by atoms with Crippen LogP contribution in [-0.4, -0.2) is 64.4 Å². The molecule has 0 radical (unpaired) electrons. The molecule has 1 amide bonds. The third-order valence-corrected chi connectivity index (χ3v) is 7.41. The number of nitrogens with zero attached hydrogens (tertiary/aromatic N) is 5. The molecule has 0 saturated carbocycles. The zero-order valence-electron chi connectivity index (χ0n) is 15.7. The first-order valence-corrected chi connectivity index (χ1v) is 11.5. The Hall–Kier alpha value is -2.03. The molecule has 2 aliphatic heterocycles. The number of thiazole rings is 2. The van der Waals surface area contributed by atoms with Crippen LogP contribution in [-0.2, 0) is 11.3 Å². The van der Waals surface area contributed by atoms with Gasteiger partial charge in [0.05, 0.1) is 16.8 Å². The molecule has 2 aromatic heterocycles. The van der Waals surface area contributed by atoms with Crippen molar-refractivity contribution in [1.29, 1.82) is 0 Å². The predicted octanol–water partition coefficient (Wildman–Crippen LogP) is 3.07. The molecule has 0 spiro atoms. The van der Waals surface area contributed by atoms with E-state index >= 15 is 0 Å². The van der Waals surface area contributed by atoms with Gasteiger partial charge in [0.15, 0.2) is 5.13 Å². The number of hydrogen-bond acceptors (Lipinski definition) is 7. The Bertz CT molecular complexity index is 916. The second kappa shape index (κ2) is 7.77. The lowest BCUT2D eigenvalue weighted by Crippen LogP contribution is -2.53. The highest BCUT2D eigenvalue weighted by Gasteiger charge is 2.36. The number of carbonyl (C=O) groups excluding carboxylic acids is 1. The molecule has 0 bridgehead atoms. The van der Waals surface area contributed by atoms with Gasteiger partial charge in [-0.25, -0.2) is 9.97 Å². The topological polar surface area (TPSA) is 52.6 Å². The first kappa shape index (κ1) is 18.0. The average molecular weight is 414 g/mol. The predicted molar refractivity (Wildman–Crippen MR) is 114 cm³/mol. The fraction of sp³-hybridized carbons (Fsp3) is 0.450. The summed E-state index contributed by atoms with van der Waals surface area (Å²) in [4.78, 5) is 28.9. The van der Waals surface area contributed by atoms with Crippen molar-refractivity contribution >= 4 is 43.9 Å². The number of fused-ring (bicyclic) bond motifs is 1. The fourth-order valence-corrected chi connectivity index (χ4v) is 5.86. The summed E-state index contributed by atoms with van der Waals surface area (Å²) >= 11 is 3.39. The van der Waals surface area contributed by atoms with Crippen molar-refractivity contribution in [3.8, 4) is 0 Å². The van der Waals surface area contributed by atoms with Gasteiger partial charge in [0.1, 0.15) is 11.0 Å². The molecule has 2 saturated heterocycles. The molecule has 3 aromatic rings. The van der Waals surface area contributed by atoms with E-state index in [2.05, 4.69) is 33.0 Å². The van der Waals surface area contributed by atoms with Crippen LogP contribution >= 0.6 is 22.7 Å². The maximum atomic E-state index is 13.1. The molecule has 4 heterocycles. The molecule has 2 aliphatic rings. The standard InChI is InChI=1S/C20H23N5OS2/c26-19(16-5-3-8-25(16)20-21-7-13-27-20)24-11-9-23(10-12-24)14-18-22-15-4-1-2-6-17(15)28-18/h1-2,4,6-7,13,16H,3,5,8-12,14H2. The van der Waals surface area contributed by atoms with E-state index in [1.54, 1.807) is 22.7 Å². The van der Waals surface area contributed by atoms with Gasteiger partial charge in [-0.2, -0.15) is 0 Å². The van der Waals surface area contributed by atoms with Crippen molar-refractivity contribution in [3.63, 3.8) is 0 Å². The van der Waals surface area contributed by atoms with Crippen molar-refractivity contribution in [2.75, 3.05) is 37.6 Å². The van der Waals surface area contributed by atoms with Crippen LogP contribution in [0.15, 0.2) is 35.8 Å². The van der Waals surface area contributed by atoms with Gasteiger partial charge in [-0.1, -0.05) is 12.1 Å². The second-order valence-electron chi connectivity index (χ2n) is 7.34. The van der Waals surface area contributed by atoms with Crippen LogP contribution in [0, 0.1) is 0 Å². The quantitative estimate of drug-likeness (QED) is 0.658. The number of anilines is 1. The van der Waals surface area contributed by atoms with Crippen LogP contribution in [0.2, 0.25) is 0 Å². The van der Waals surface area contributed by atoms with Crippen LogP contribution < -0.4 is 4.90 Å². The zero-order valence-corrected chi connectivity index (χ0v) is 17.3. The van der Waals surface area contributed by atoms with Crippen molar-refractivity contribution < 1.29 is 4.79 Å². The summed E-state index contributed by atoms with van der Waals surface area (Å²) in [7, 11) is 0. The van der Waals surface area contributed by atoms with Crippen molar-refractivity contribution in [2.45, 2.75) is 25.4 Å². The highest BCUT2D eigenvalue weighted by atomic mass is 32.1. The third kappa shape index (κ3) is 3.52. The molecule has 1 aromatic carbocycles. The lowest BCUT2D eigenvalue weighted by atomic mass is 10.1. The first-order chi connectivity index (χ1) is 13.8. The Labute approximate surface area is 172 Å². The summed E-state index contributed by atoms with van der Waals surface area (Å²) in [5.74, 6) is 0.271. The van der Waals surface area contributed by atoms with Crippen LogP contribution in [0.1, 0.15) is 17.8 Å². The summed E-state index contributed by atoms with van der Waals surface area (Å²) in [6.45, 7) is 5.21. The summed E-state index contributed by atoms with van der Waals surface area (Å²) in [6.07, 6.45) is 3.82. The monoisotopic (exact) mass is 413 g/mol. The Morgan fingerprint density at radius 3 is 2.79 bits per heavy atom. The van der Waals surface area contributed by atoms with E-state index in [4.69, 9.17) is 4.98 Å². The third-order valence-electron chi connectivity index (χ3n) is 5.58. The molecular weight excluding hydrogens is 390 g/mol. The summed E-state index contributed by atoms with van der Waals surface area (Å²) in [6, 6.07) is 8.26. The van der Waals surface area contributed by atoms with Gasteiger partial charge >= 0.3 is 0 Å². The fourth-order valence-electron chi connectivity index (χ4n) is 4.13.